The van der Waals surface area contributed by atoms with E-state index >= 15 is 0 Å². The molecule has 0 radical (unpaired) electrons. The van der Waals surface area contributed by atoms with Crippen molar-refractivity contribution in [3.05, 3.63) is 41.5 Å². The Morgan fingerprint density at radius 2 is 1.81 bits per heavy atom. The molecule has 0 aliphatic carbocycles. The molecule has 116 valence electrons. The first kappa shape index (κ1) is 17.4. The predicted molar refractivity (Wildman–Crippen MR) is 88.1 cm³/mol. The molecule has 1 rings (SSSR count). The molecule has 0 saturated carbocycles. The summed E-state index contributed by atoms with van der Waals surface area (Å²) in [5.74, 6) is -0.149. The lowest BCUT2D eigenvalue weighted by Gasteiger charge is -2.25. The Balaban J connectivity index is 2.62. The van der Waals surface area contributed by atoms with Gasteiger partial charge in [-0.15, -0.1) is 0 Å². The molecule has 0 amide bonds. The highest BCUT2D eigenvalue weighted by atomic mass is 16.4. The maximum atomic E-state index is 10.5. The Morgan fingerprint density at radius 3 is 2.29 bits per heavy atom. The molecule has 0 saturated heterocycles. The summed E-state index contributed by atoms with van der Waals surface area (Å²) in [6, 6.07) is 8.10. The SMILES string of the molecule is CCC(CC)CN(CC)Cc1ccc(C=CC(=O)O)cc1. The number of carbonyl (C=O) groups is 1. The van der Waals surface area contributed by atoms with Crippen LogP contribution < -0.4 is 0 Å². The predicted octanol–water partition coefficient (Wildman–Crippen LogP) is 4.04. The zero-order valence-corrected chi connectivity index (χ0v) is 13.4. The molecule has 21 heavy (non-hydrogen) atoms. The fourth-order valence-electron chi connectivity index (χ4n) is 2.38. The van der Waals surface area contributed by atoms with E-state index in [1.165, 1.54) is 24.5 Å². The van der Waals surface area contributed by atoms with Crippen molar-refractivity contribution in [2.24, 2.45) is 5.92 Å². The van der Waals surface area contributed by atoms with Gasteiger partial charge in [-0.3, -0.25) is 4.90 Å². The van der Waals surface area contributed by atoms with Crippen LogP contribution in [0.2, 0.25) is 0 Å². The lowest BCUT2D eigenvalue weighted by Crippen LogP contribution is -2.28. The highest BCUT2D eigenvalue weighted by Crippen LogP contribution is 2.14. The number of hydrogen-bond donors (Lipinski definition) is 1. The van der Waals surface area contributed by atoms with Crippen molar-refractivity contribution >= 4 is 12.0 Å². The molecule has 0 bridgehead atoms. The lowest BCUT2D eigenvalue weighted by molar-refractivity contribution is -0.131. The molecule has 0 aliphatic rings. The van der Waals surface area contributed by atoms with Crippen LogP contribution in [-0.4, -0.2) is 29.1 Å². The quantitative estimate of drug-likeness (QED) is 0.697. The summed E-state index contributed by atoms with van der Waals surface area (Å²) in [6.07, 6.45) is 5.24. The Hall–Kier alpha value is -1.61. The summed E-state index contributed by atoms with van der Waals surface area (Å²) in [7, 11) is 0. The molecule has 1 N–H and O–H groups in total. The molecule has 0 unspecified atom stereocenters. The van der Waals surface area contributed by atoms with Crippen molar-refractivity contribution in [1.82, 2.24) is 4.90 Å². The van der Waals surface area contributed by atoms with Crippen LogP contribution in [-0.2, 0) is 11.3 Å². The van der Waals surface area contributed by atoms with Crippen LogP contribution in [0.4, 0.5) is 0 Å². The highest BCUT2D eigenvalue weighted by molar-refractivity contribution is 5.85. The van der Waals surface area contributed by atoms with Crippen molar-refractivity contribution in [2.75, 3.05) is 13.1 Å². The van der Waals surface area contributed by atoms with E-state index < -0.39 is 5.97 Å². The minimum atomic E-state index is -0.915. The second-order valence-electron chi connectivity index (χ2n) is 5.42. The summed E-state index contributed by atoms with van der Waals surface area (Å²) in [6.45, 7) is 9.86. The Bertz CT molecular complexity index is 447. The summed E-state index contributed by atoms with van der Waals surface area (Å²) < 4.78 is 0. The number of nitrogens with zero attached hydrogens (tertiary/aromatic N) is 1. The number of carboxylic acids is 1. The molecule has 3 nitrogen and oxygen atoms in total. The van der Waals surface area contributed by atoms with Gasteiger partial charge >= 0.3 is 5.97 Å². The average molecular weight is 289 g/mol. The van der Waals surface area contributed by atoms with Gasteiger partial charge in [0.2, 0.25) is 0 Å². The van der Waals surface area contributed by atoms with Gasteiger partial charge in [0.15, 0.2) is 0 Å². The Labute approximate surface area is 128 Å². The van der Waals surface area contributed by atoms with Crippen LogP contribution in [0.25, 0.3) is 6.08 Å². The highest BCUT2D eigenvalue weighted by Gasteiger charge is 2.10. The number of carboxylic acid groups (broad SMARTS) is 1. The zero-order chi connectivity index (χ0) is 15.7. The molecule has 0 atom stereocenters. The molecule has 1 aromatic rings. The van der Waals surface area contributed by atoms with E-state index in [1.54, 1.807) is 6.08 Å². The van der Waals surface area contributed by atoms with Crippen molar-refractivity contribution in [3.63, 3.8) is 0 Å². The molecule has 1 aromatic carbocycles. The van der Waals surface area contributed by atoms with Gasteiger partial charge in [0.25, 0.3) is 0 Å². The fraction of sp³-hybridized carbons (Fsp3) is 0.500. The monoisotopic (exact) mass is 289 g/mol. The zero-order valence-electron chi connectivity index (χ0n) is 13.4. The molecule has 0 aliphatic heterocycles. The molecular weight excluding hydrogens is 262 g/mol. The minimum Gasteiger partial charge on any atom is -0.478 e. The molecule has 0 aromatic heterocycles. The summed E-state index contributed by atoms with van der Waals surface area (Å²) in [5.41, 5.74) is 2.19. The van der Waals surface area contributed by atoms with E-state index in [9.17, 15) is 4.79 Å². The van der Waals surface area contributed by atoms with Crippen molar-refractivity contribution in [3.8, 4) is 0 Å². The third kappa shape index (κ3) is 6.58. The molecule has 0 spiro atoms. The van der Waals surface area contributed by atoms with Crippen LogP contribution in [0.5, 0.6) is 0 Å². The number of rotatable bonds is 9. The van der Waals surface area contributed by atoms with Crippen LogP contribution >= 0.6 is 0 Å². The Kier molecular flexibility index (Phi) is 7.76. The van der Waals surface area contributed by atoms with Gasteiger partial charge in [0, 0.05) is 19.2 Å². The third-order valence-electron chi connectivity index (χ3n) is 3.92. The summed E-state index contributed by atoms with van der Waals surface area (Å²) in [5, 5.41) is 8.62. The molecule has 3 heteroatoms. The van der Waals surface area contributed by atoms with E-state index in [0.29, 0.717) is 0 Å². The van der Waals surface area contributed by atoms with Crippen molar-refractivity contribution < 1.29 is 9.90 Å². The first-order valence-electron chi connectivity index (χ1n) is 7.81. The summed E-state index contributed by atoms with van der Waals surface area (Å²) in [4.78, 5) is 13.0. The maximum Gasteiger partial charge on any atom is 0.328 e. The maximum absolute atomic E-state index is 10.5. The van der Waals surface area contributed by atoms with E-state index in [4.69, 9.17) is 5.11 Å². The van der Waals surface area contributed by atoms with Crippen molar-refractivity contribution in [2.45, 2.75) is 40.2 Å². The van der Waals surface area contributed by atoms with Crippen LogP contribution in [0, 0.1) is 5.92 Å². The Morgan fingerprint density at radius 1 is 1.19 bits per heavy atom. The molecule has 0 fully saturated rings. The van der Waals surface area contributed by atoms with Gasteiger partial charge < -0.3 is 5.11 Å². The number of aliphatic carboxylic acids is 1. The van der Waals surface area contributed by atoms with Crippen LogP contribution in [0.15, 0.2) is 30.3 Å². The van der Waals surface area contributed by atoms with E-state index in [1.807, 2.05) is 12.1 Å². The van der Waals surface area contributed by atoms with Crippen LogP contribution in [0.3, 0.4) is 0 Å². The summed E-state index contributed by atoms with van der Waals surface area (Å²) >= 11 is 0. The van der Waals surface area contributed by atoms with Gasteiger partial charge in [0.05, 0.1) is 0 Å². The second-order valence-corrected chi connectivity index (χ2v) is 5.42. The lowest BCUT2D eigenvalue weighted by atomic mass is 10.0. The van der Waals surface area contributed by atoms with Gasteiger partial charge in [0.1, 0.15) is 0 Å². The number of hydrogen-bond acceptors (Lipinski definition) is 2. The van der Waals surface area contributed by atoms with Gasteiger partial charge in [-0.25, -0.2) is 4.79 Å². The molecule has 0 heterocycles. The topological polar surface area (TPSA) is 40.5 Å². The normalized spacial score (nSPS) is 11.7. The first-order valence-corrected chi connectivity index (χ1v) is 7.81. The smallest absolute Gasteiger partial charge is 0.328 e. The van der Waals surface area contributed by atoms with Gasteiger partial charge in [-0.05, 0) is 29.7 Å². The van der Waals surface area contributed by atoms with Gasteiger partial charge in [-0.2, -0.15) is 0 Å². The largest absolute Gasteiger partial charge is 0.478 e. The second kappa shape index (κ2) is 9.35. The van der Waals surface area contributed by atoms with Crippen LogP contribution in [0.1, 0.15) is 44.7 Å². The standard InChI is InChI=1S/C18H27NO2/c1-4-15(5-2)13-19(6-3)14-17-9-7-16(8-10-17)11-12-18(20)21/h7-12,15H,4-6,13-14H2,1-3H3,(H,20,21). The fourth-order valence-corrected chi connectivity index (χ4v) is 2.38. The molecular formula is C18H27NO2. The van der Waals surface area contributed by atoms with Gasteiger partial charge in [-0.1, -0.05) is 57.9 Å². The first-order chi connectivity index (χ1) is 10.1. The third-order valence-corrected chi connectivity index (χ3v) is 3.92. The van der Waals surface area contributed by atoms with Crippen molar-refractivity contribution in [1.29, 1.82) is 0 Å². The van der Waals surface area contributed by atoms with E-state index in [2.05, 4.69) is 37.8 Å². The number of benzene rings is 1. The average Bonchev–Trinajstić information content (AvgIpc) is 2.50. The minimum absolute atomic E-state index is 0.766. The van der Waals surface area contributed by atoms with E-state index in [-0.39, 0.29) is 0 Å². The van der Waals surface area contributed by atoms with E-state index in [0.717, 1.165) is 31.1 Å².